The van der Waals surface area contributed by atoms with Gasteiger partial charge in [-0.15, -0.1) is 0 Å². The van der Waals surface area contributed by atoms with Crippen LogP contribution in [0, 0.1) is 5.41 Å². The average Bonchev–Trinajstić information content (AvgIpc) is 1.79. The third-order valence-corrected chi connectivity index (χ3v) is 1.31. The van der Waals surface area contributed by atoms with E-state index in [0.29, 0.717) is 0 Å². The van der Waals surface area contributed by atoms with E-state index in [4.69, 9.17) is 11.5 Å². The summed E-state index contributed by atoms with van der Waals surface area (Å²) in [5.41, 5.74) is 10.6. The van der Waals surface area contributed by atoms with Crippen LogP contribution in [0.5, 0.6) is 0 Å². The van der Waals surface area contributed by atoms with Crippen molar-refractivity contribution >= 4 is 6.09 Å². The minimum Gasteiger partial charge on any atom is -0.448 e. The summed E-state index contributed by atoms with van der Waals surface area (Å²) < 4.78 is 4.56. The van der Waals surface area contributed by atoms with E-state index in [0.717, 1.165) is 6.42 Å². The summed E-state index contributed by atoms with van der Waals surface area (Å²) in [6.45, 7) is 6.44. The molecule has 0 heterocycles. The van der Waals surface area contributed by atoms with E-state index in [1.807, 2.05) is 0 Å². The van der Waals surface area contributed by atoms with Crippen molar-refractivity contribution in [2.75, 3.05) is 6.61 Å². The van der Waals surface area contributed by atoms with E-state index in [1.54, 1.807) is 0 Å². The van der Waals surface area contributed by atoms with Crippen LogP contribution in [0.2, 0.25) is 0 Å². The number of nitrogens with two attached hydrogens (primary N) is 2. The topological polar surface area (TPSA) is 78.3 Å². The molecule has 4 heteroatoms. The standard InChI is InChI=1S/C8H18N2O2/c1-8(2,3)4-6(9)5-12-7(10)11/h6H,4-5,9H2,1-3H3,(H2,10,11). The zero-order valence-electron chi connectivity index (χ0n) is 7.96. The minimum absolute atomic E-state index is 0.127. The number of amides is 1. The number of hydrogen-bond acceptors (Lipinski definition) is 3. The molecule has 0 aromatic carbocycles. The van der Waals surface area contributed by atoms with Gasteiger partial charge in [-0.2, -0.15) is 0 Å². The quantitative estimate of drug-likeness (QED) is 0.665. The number of rotatable bonds is 3. The number of hydrogen-bond donors (Lipinski definition) is 2. The Morgan fingerprint density at radius 3 is 2.33 bits per heavy atom. The summed E-state index contributed by atoms with van der Waals surface area (Å²) in [5.74, 6) is 0. The zero-order valence-corrected chi connectivity index (χ0v) is 7.96. The molecule has 1 atom stereocenters. The van der Waals surface area contributed by atoms with Gasteiger partial charge in [-0.05, 0) is 11.8 Å². The Morgan fingerprint density at radius 1 is 1.50 bits per heavy atom. The van der Waals surface area contributed by atoms with Crippen molar-refractivity contribution in [2.45, 2.75) is 33.2 Å². The molecule has 0 aromatic rings. The molecule has 0 aliphatic rings. The van der Waals surface area contributed by atoms with Crippen LogP contribution in [-0.4, -0.2) is 18.7 Å². The number of ether oxygens (including phenoxy) is 1. The van der Waals surface area contributed by atoms with E-state index in [2.05, 4.69) is 25.5 Å². The fourth-order valence-electron chi connectivity index (χ4n) is 1.03. The summed E-state index contributed by atoms with van der Waals surface area (Å²) in [7, 11) is 0. The van der Waals surface area contributed by atoms with Crippen LogP contribution in [0.1, 0.15) is 27.2 Å². The van der Waals surface area contributed by atoms with Gasteiger partial charge >= 0.3 is 6.09 Å². The Kier molecular flexibility index (Phi) is 4.03. The Morgan fingerprint density at radius 2 is 2.00 bits per heavy atom. The highest BCUT2D eigenvalue weighted by Crippen LogP contribution is 2.19. The van der Waals surface area contributed by atoms with Crippen molar-refractivity contribution in [2.24, 2.45) is 16.9 Å². The van der Waals surface area contributed by atoms with Crippen LogP contribution in [0.15, 0.2) is 0 Å². The van der Waals surface area contributed by atoms with Gasteiger partial charge in [0.1, 0.15) is 6.61 Å². The summed E-state index contributed by atoms with van der Waals surface area (Å²) >= 11 is 0. The predicted octanol–water partition coefficient (Wildman–Crippen LogP) is 0.845. The molecule has 4 N–H and O–H groups in total. The summed E-state index contributed by atoms with van der Waals surface area (Å²) in [6.07, 6.45) is 0.0414. The maximum Gasteiger partial charge on any atom is 0.404 e. The molecular weight excluding hydrogens is 156 g/mol. The van der Waals surface area contributed by atoms with Gasteiger partial charge in [-0.25, -0.2) is 4.79 Å². The van der Waals surface area contributed by atoms with E-state index in [-0.39, 0.29) is 18.1 Å². The Labute approximate surface area is 73.2 Å². The van der Waals surface area contributed by atoms with Crippen LogP contribution in [0.25, 0.3) is 0 Å². The first kappa shape index (κ1) is 11.2. The van der Waals surface area contributed by atoms with Crippen molar-refractivity contribution in [3.05, 3.63) is 0 Å². The molecular formula is C8H18N2O2. The second kappa shape index (κ2) is 4.30. The normalized spacial score (nSPS) is 14.0. The Bertz CT molecular complexity index is 152. The van der Waals surface area contributed by atoms with Gasteiger partial charge in [0.2, 0.25) is 0 Å². The van der Waals surface area contributed by atoms with Crippen molar-refractivity contribution < 1.29 is 9.53 Å². The zero-order chi connectivity index (χ0) is 9.78. The molecule has 0 rings (SSSR count). The number of carbonyl (C=O) groups is 1. The van der Waals surface area contributed by atoms with Crippen molar-refractivity contribution in [1.82, 2.24) is 0 Å². The van der Waals surface area contributed by atoms with Gasteiger partial charge in [0, 0.05) is 6.04 Å². The van der Waals surface area contributed by atoms with Crippen molar-refractivity contribution in [3.63, 3.8) is 0 Å². The third-order valence-electron chi connectivity index (χ3n) is 1.31. The molecule has 0 aliphatic heterocycles. The highest BCUT2D eigenvalue weighted by molar-refractivity contribution is 5.64. The smallest absolute Gasteiger partial charge is 0.404 e. The maximum absolute atomic E-state index is 10.2. The SMILES string of the molecule is CC(C)(C)CC(N)COC(N)=O. The van der Waals surface area contributed by atoms with E-state index in [9.17, 15) is 4.79 Å². The highest BCUT2D eigenvalue weighted by Gasteiger charge is 2.16. The molecule has 0 spiro atoms. The molecule has 0 radical (unpaired) electrons. The average molecular weight is 174 g/mol. The van der Waals surface area contributed by atoms with E-state index < -0.39 is 6.09 Å². The molecule has 0 aliphatic carbocycles. The number of primary amides is 1. The summed E-state index contributed by atoms with van der Waals surface area (Å²) in [5, 5.41) is 0. The minimum atomic E-state index is -0.764. The fraction of sp³-hybridized carbons (Fsp3) is 0.875. The van der Waals surface area contributed by atoms with Crippen LogP contribution < -0.4 is 11.5 Å². The summed E-state index contributed by atoms with van der Waals surface area (Å²) in [6, 6.07) is -0.127. The molecule has 0 saturated heterocycles. The lowest BCUT2D eigenvalue weighted by Crippen LogP contribution is -2.33. The van der Waals surface area contributed by atoms with Crippen molar-refractivity contribution in [3.8, 4) is 0 Å². The third kappa shape index (κ3) is 7.34. The van der Waals surface area contributed by atoms with Crippen LogP contribution in [-0.2, 0) is 4.74 Å². The molecule has 0 aromatic heterocycles. The van der Waals surface area contributed by atoms with Crippen LogP contribution in [0.4, 0.5) is 4.79 Å². The molecule has 12 heavy (non-hydrogen) atoms. The molecule has 1 amide bonds. The van der Waals surface area contributed by atoms with Gasteiger partial charge in [0.15, 0.2) is 0 Å². The fourth-order valence-corrected chi connectivity index (χ4v) is 1.03. The van der Waals surface area contributed by atoms with Crippen LogP contribution in [0.3, 0.4) is 0 Å². The number of carbonyl (C=O) groups excluding carboxylic acids is 1. The first-order chi connectivity index (χ1) is 5.31. The molecule has 0 fully saturated rings. The van der Waals surface area contributed by atoms with Gasteiger partial charge < -0.3 is 16.2 Å². The first-order valence-electron chi connectivity index (χ1n) is 3.99. The van der Waals surface area contributed by atoms with Gasteiger partial charge in [-0.1, -0.05) is 20.8 Å². The predicted molar refractivity (Wildman–Crippen MR) is 47.6 cm³/mol. The first-order valence-corrected chi connectivity index (χ1v) is 3.99. The Balaban J connectivity index is 3.60. The second-order valence-corrected chi connectivity index (χ2v) is 4.15. The van der Waals surface area contributed by atoms with Gasteiger partial charge in [0.05, 0.1) is 0 Å². The molecule has 72 valence electrons. The lowest BCUT2D eigenvalue weighted by Gasteiger charge is -2.22. The van der Waals surface area contributed by atoms with E-state index in [1.165, 1.54) is 0 Å². The highest BCUT2D eigenvalue weighted by atomic mass is 16.5. The van der Waals surface area contributed by atoms with E-state index >= 15 is 0 Å². The summed E-state index contributed by atoms with van der Waals surface area (Å²) in [4.78, 5) is 10.2. The molecule has 0 bridgehead atoms. The monoisotopic (exact) mass is 174 g/mol. The van der Waals surface area contributed by atoms with Gasteiger partial charge in [0.25, 0.3) is 0 Å². The molecule has 1 unspecified atom stereocenters. The molecule has 0 saturated carbocycles. The maximum atomic E-state index is 10.2. The van der Waals surface area contributed by atoms with Gasteiger partial charge in [-0.3, -0.25) is 0 Å². The second-order valence-electron chi connectivity index (χ2n) is 4.15. The lowest BCUT2D eigenvalue weighted by molar-refractivity contribution is 0.141. The largest absolute Gasteiger partial charge is 0.448 e. The van der Waals surface area contributed by atoms with Crippen molar-refractivity contribution in [1.29, 1.82) is 0 Å². The molecule has 4 nitrogen and oxygen atoms in total. The Hall–Kier alpha value is -0.770. The van der Waals surface area contributed by atoms with Crippen LogP contribution >= 0.6 is 0 Å². The lowest BCUT2D eigenvalue weighted by atomic mass is 9.89.